The Labute approximate surface area is 148 Å². The Morgan fingerprint density at radius 2 is 1.52 bits per heavy atom. The van der Waals surface area contributed by atoms with Gasteiger partial charge in [-0.05, 0) is 36.9 Å². The van der Waals surface area contributed by atoms with Crippen molar-refractivity contribution in [2.75, 3.05) is 33.2 Å². The van der Waals surface area contributed by atoms with Crippen molar-refractivity contribution in [3.63, 3.8) is 0 Å². The molecule has 130 valence electrons. The molecule has 1 heterocycles. The van der Waals surface area contributed by atoms with Crippen molar-refractivity contribution in [2.45, 2.75) is 6.54 Å². The van der Waals surface area contributed by atoms with Crippen LogP contribution in [0, 0.1) is 0 Å². The Morgan fingerprint density at radius 1 is 0.880 bits per heavy atom. The lowest BCUT2D eigenvalue weighted by molar-refractivity contribution is 0.0664. The summed E-state index contributed by atoms with van der Waals surface area (Å²) >= 11 is 0. The van der Waals surface area contributed by atoms with E-state index in [1.54, 1.807) is 12.1 Å². The predicted molar refractivity (Wildman–Crippen MR) is 97.5 cm³/mol. The van der Waals surface area contributed by atoms with Gasteiger partial charge in [-0.25, -0.2) is 0 Å². The highest BCUT2D eigenvalue weighted by atomic mass is 16.2. The van der Waals surface area contributed by atoms with Gasteiger partial charge in [0.25, 0.3) is 11.8 Å². The van der Waals surface area contributed by atoms with E-state index < -0.39 is 0 Å². The average Bonchev–Trinajstić information content (AvgIpc) is 2.67. The molecule has 1 aliphatic rings. The summed E-state index contributed by atoms with van der Waals surface area (Å²) in [6, 6.07) is 16.6. The fourth-order valence-electron chi connectivity index (χ4n) is 2.83. The fourth-order valence-corrected chi connectivity index (χ4v) is 2.83. The SMILES string of the molecule is CN1CCN(C(=O)c2ccc(CNC(=O)c3ccccc3)cc2)CC1. The van der Waals surface area contributed by atoms with E-state index in [4.69, 9.17) is 0 Å². The Bertz CT molecular complexity index is 720. The van der Waals surface area contributed by atoms with E-state index in [0.29, 0.717) is 17.7 Å². The van der Waals surface area contributed by atoms with Gasteiger partial charge in [-0.2, -0.15) is 0 Å². The molecule has 2 amide bonds. The monoisotopic (exact) mass is 337 g/mol. The molecule has 3 rings (SSSR count). The van der Waals surface area contributed by atoms with Crippen molar-refractivity contribution in [1.29, 1.82) is 0 Å². The summed E-state index contributed by atoms with van der Waals surface area (Å²) in [5.74, 6) is -0.0221. The first kappa shape index (κ1) is 17.2. The summed E-state index contributed by atoms with van der Waals surface area (Å²) in [6.45, 7) is 3.80. The second kappa shape index (κ2) is 7.94. The Balaban J connectivity index is 1.55. The van der Waals surface area contributed by atoms with Gasteiger partial charge in [0.2, 0.25) is 0 Å². The highest BCUT2D eigenvalue weighted by molar-refractivity contribution is 5.95. The van der Waals surface area contributed by atoms with Gasteiger partial charge < -0.3 is 15.1 Å². The fraction of sp³-hybridized carbons (Fsp3) is 0.300. The maximum Gasteiger partial charge on any atom is 0.253 e. The number of carbonyl (C=O) groups excluding carboxylic acids is 2. The van der Waals surface area contributed by atoms with Crippen LogP contribution in [0.2, 0.25) is 0 Å². The number of hydrogen-bond acceptors (Lipinski definition) is 3. The third-order valence-corrected chi connectivity index (χ3v) is 4.48. The molecule has 1 fully saturated rings. The van der Waals surface area contributed by atoms with Crippen molar-refractivity contribution in [2.24, 2.45) is 0 Å². The molecular formula is C20H23N3O2. The van der Waals surface area contributed by atoms with Crippen LogP contribution in [0.25, 0.3) is 0 Å². The maximum absolute atomic E-state index is 12.5. The molecule has 0 bridgehead atoms. The van der Waals surface area contributed by atoms with Crippen LogP contribution in [0.3, 0.4) is 0 Å². The number of nitrogens with one attached hydrogen (secondary N) is 1. The summed E-state index contributed by atoms with van der Waals surface area (Å²) in [5.41, 5.74) is 2.31. The van der Waals surface area contributed by atoms with Crippen LogP contribution >= 0.6 is 0 Å². The summed E-state index contributed by atoms with van der Waals surface area (Å²) in [6.07, 6.45) is 0. The van der Waals surface area contributed by atoms with Gasteiger partial charge in [-0.3, -0.25) is 9.59 Å². The zero-order valence-electron chi connectivity index (χ0n) is 14.4. The minimum atomic E-state index is -0.0989. The van der Waals surface area contributed by atoms with Crippen LogP contribution in [0.5, 0.6) is 0 Å². The highest BCUT2D eigenvalue weighted by Crippen LogP contribution is 2.10. The molecule has 1 N–H and O–H groups in total. The van der Waals surface area contributed by atoms with Crippen molar-refractivity contribution in [3.05, 3.63) is 71.3 Å². The summed E-state index contributed by atoms with van der Waals surface area (Å²) in [4.78, 5) is 28.7. The quantitative estimate of drug-likeness (QED) is 0.928. The molecule has 1 aliphatic heterocycles. The van der Waals surface area contributed by atoms with Gasteiger partial charge in [-0.1, -0.05) is 30.3 Å². The number of rotatable bonds is 4. The molecule has 0 aromatic heterocycles. The second-order valence-corrected chi connectivity index (χ2v) is 6.34. The van der Waals surface area contributed by atoms with Gasteiger partial charge in [0.05, 0.1) is 0 Å². The molecule has 5 nitrogen and oxygen atoms in total. The van der Waals surface area contributed by atoms with Crippen LogP contribution < -0.4 is 5.32 Å². The molecule has 2 aromatic rings. The first-order valence-electron chi connectivity index (χ1n) is 8.53. The average molecular weight is 337 g/mol. The van der Waals surface area contributed by atoms with Crippen molar-refractivity contribution in [3.8, 4) is 0 Å². The number of piperazine rings is 1. The van der Waals surface area contributed by atoms with Crippen LogP contribution in [-0.4, -0.2) is 54.8 Å². The first-order chi connectivity index (χ1) is 12.1. The van der Waals surface area contributed by atoms with E-state index in [9.17, 15) is 9.59 Å². The van der Waals surface area contributed by atoms with Crippen LogP contribution in [-0.2, 0) is 6.54 Å². The van der Waals surface area contributed by atoms with Crippen LogP contribution in [0.4, 0.5) is 0 Å². The molecule has 0 atom stereocenters. The zero-order valence-corrected chi connectivity index (χ0v) is 14.4. The van der Waals surface area contributed by atoms with Crippen molar-refractivity contribution >= 4 is 11.8 Å². The van der Waals surface area contributed by atoms with Gasteiger partial charge in [0.15, 0.2) is 0 Å². The highest BCUT2D eigenvalue weighted by Gasteiger charge is 2.20. The minimum Gasteiger partial charge on any atom is -0.348 e. The second-order valence-electron chi connectivity index (χ2n) is 6.34. The van der Waals surface area contributed by atoms with E-state index >= 15 is 0 Å². The van der Waals surface area contributed by atoms with Gasteiger partial charge in [0, 0.05) is 43.9 Å². The lowest BCUT2D eigenvalue weighted by atomic mass is 10.1. The molecule has 0 spiro atoms. The van der Waals surface area contributed by atoms with Crippen molar-refractivity contribution in [1.82, 2.24) is 15.1 Å². The molecule has 25 heavy (non-hydrogen) atoms. The summed E-state index contributed by atoms with van der Waals surface area (Å²) < 4.78 is 0. The number of likely N-dealkylation sites (N-methyl/N-ethyl adjacent to an activating group) is 1. The van der Waals surface area contributed by atoms with E-state index in [0.717, 1.165) is 31.7 Å². The molecule has 0 aliphatic carbocycles. The lowest BCUT2D eigenvalue weighted by Crippen LogP contribution is -2.47. The Kier molecular flexibility index (Phi) is 5.46. The molecule has 0 radical (unpaired) electrons. The number of hydrogen-bond donors (Lipinski definition) is 1. The molecule has 0 saturated carbocycles. The van der Waals surface area contributed by atoms with E-state index in [-0.39, 0.29) is 11.8 Å². The lowest BCUT2D eigenvalue weighted by Gasteiger charge is -2.32. The first-order valence-corrected chi connectivity index (χ1v) is 8.53. The smallest absolute Gasteiger partial charge is 0.253 e. The van der Waals surface area contributed by atoms with Crippen LogP contribution in [0.1, 0.15) is 26.3 Å². The summed E-state index contributed by atoms with van der Waals surface area (Å²) in [7, 11) is 2.07. The summed E-state index contributed by atoms with van der Waals surface area (Å²) in [5, 5.41) is 2.89. The van der Waals surface area contributed by atoms with E-state index in [2.05, 4.69) is 17.3 Å². The van der Waals surface area contributed by atoms with Gasteiger partial charge in [-0.15, -0.1) is 0 Å². The third kappa shape index (κ3) is 4.45. The molecular weight excluding hydrogens is 314 g/mol. The topological polar surface area (TPSA) is 52.6 Å². The van der Waals surface area contributed by atoms with Gasteiger partial charge >= 0.3 is 0 Å². The van der Waals surface area contributed by atoms with E-state index in [1.807, 2.05) is 47.4 Å². The largest absolute Gasteiger partial charge is 0.348 e. The zero-order chi connectivity index (χ0) is 17.6. The van der Waals surface area contributed by atoms with Crippen LogP contribution in [0.15, 0.2) is 54.6 Å². The number of nitrogens with zero attached hydrogens (tertiary/aromatic N) is 2. The predicted octanol–water partition coefficient (Wildman–Crippen LogP) is 2.00. The number of amides is 2. The van der Waals surface area contributed by atoms with Crippen molar-refractivity contribution < 1.29 is 9.59 Å². The maximum atomic E-state index is 12.5. The molecule has 1 saturated heterocycles. The third-order valence-electron chi connectivity index (χ3n) is 4.48. The molecule has 2 aromatic carbocycles. The standard InChI is InChI=1S/C20H23N3O2/c1-22-11-13-23(14-12-22)20(25)18-9-7-16(8-10-18)15-21-19(24)17-5-3-2-4-6-17/h2-10H,11-15H2,1H3,(H,21,24). The number of benzene rings is 2. The molecule has 5 heteroatoms. The minimum absolute atomic E-state index is 0.0768. The van der Waals surface area contributed by atoms with Gasteiger partial charge in [0.1, 0.15) is 0 Å². The Morgan fingerprint density at radius 3 is 2.16 bits per heavy atom. The normalized spacial score (nSPS) is 15.0. The Hall–Kier alpha value is -2.66. The van der Waals surface area contributed by atoms with E-state index in [1.165, 1.54) is 0 Å². The molecule has 0 unspecified atom stereocenters. The number of carbonyl (C=O) groups is 2.